The molecule has 1 atom stereocenters. The highest BCUT2D eigenvalue weighted by Gasteiger charge is 2.30. The van der Waals surface area contributed by atoms with Crippen molar-refractivity contribution in [2.45, 2.75) is 75.7 Å². The Kier molecular flexibility index (Phi) is 5.32. The lowest BCUT2D eigenvalue weighted by Gasteiger charge is -2.32. The van der Waals surface area contributed by atoms with Gasteiger partial charge in [0.1, 0.15) is 10.9 Å². The second kappa shape index (κ2) is 7.32. The van der Waals surface area contributed by atoms with Gasteiger partial charge < -0.3 is 4.90 Å². The molecule has 1 aromatic carbocycles. The number of nitrogens with zero attached hydrogens (tertiary/aromatic N) is 3. The van der Waals surface area contributed by atoms with Crippen LogP contribution in [0.15, 0.2) is 29.3 Å². The molecule has 1 saturated carbocycles. The van der Waals surface area contributed by atoms with Crippen molar-refractivity contribution in [1.82, 2.24) is 14.9 Å². The molecule has 1 heterocycles. The number of carbonyl (C=O) groups excluding carboxylic acids is 1. The van der Waals surface area contributed by atoms with Gasteiger partial charge in [-0.3, -0.25) is 4.79 Å². The fourth-order valence-corrected chi connectivity index (χ4v) is 4.21. The molecular weight excluding hydrogens is 330 g/mol. The molecular formula is C20H27N3OS. The zero-order valence-electron chi connectivity index (χ0n) is 15.7. The molecule has 1 fully saturated rings. The summed E-state index contributed by atoms with van der Waals surface area (Å²) in [5, 5.41) is 1.80. The van der Waals surface area contributed by atoms with Crippen LogP contribution >= 0.6 is 11.8 Å². The quantitative estimate of drug-likeness (QED) is 0.558. The smallest absolute Gasteiger partial charge is 0.236 e. The molecule has 1 aliphatic carbocycles. The minimum Gasteiger partial charge on any atom is -0.337 e. The zero-order valence-corrected chi connectivity index (χ0v) is 16.5. The Morgan fingerprint density at radius 3 is 2.32 bits per heavy atom. The first-order valence-electron chi connectivity index (χ1n) is 9.14. The normalized spacial score (nSPS) is 15.8. The van der Waals surface area contributed by atoms with Gasteiger partial charge in [-0.05, 0) is 53.5 Å². The number of rotatable bonds is 6. The van der Waals surface area contributed by atoms with Crippen molar-refractivity contribution in [3.63, 3.8) is 0 Å². The standard InChI is InChI=1S/C20H27N3OS/c1-12(2)23(13(3)4)20(24)14(5)25-19-16-8-6-7-9-17(16)21-18(22-19)15-10-11-15/h6-9,12-15H,10-11H2,1-5H3/t14-/m1/s1. The van der Waals surface area contributed by atoms with Crippen LogP contribution in [0.1, 0.15) is 59.2 Å². The van der Waals surface area contributed by atoms with Crippen LogP contribution in [0, 0.1) is 0 Å². The molecule has 0 unspecified atom stereocenters. The monoisotopic (exact) mass is 357 g/mol. The molecule has 134 valence electrons. The summed E-state index contributed by atoms with van der Waals surface area (Å²) in [6.45, 7) is 10.3. The third-order valence-electron chi connectivity index (χ3n) is 4.53. The number of para-hydroxylation sites is 1. The Labute approximate surface area is 154 Å². The molecule has 25 heavy (non-hydrogen) atoms. The van der Waals surface area contributed by atoms with Gasteiger partial charge in [0, 0.05) is 23.4 Å². The van der Waals surface area contributed by atoms with Crippen LogP contribution in [0.4, 0.5) is 0 Å². The van der Waals surface area contributed by atoms with Crippen LogP contribution in [-0.4, -0.2) is 38.1 Å². The van der Waals surface area contributed by atoms with E-state index in [-0.39, 0.29) is 23.2 Å². The number of benzene rings is 1. The van der Waals surface area contributed by atoms with Gasteiger partial charge in [0.15, 0.2) is 0 Å². The van der Waals surface area contributed by atoms with E-state index in [1.165, 1.54) is 12.8 Å². The van der Waals surface area contributed by atoms with E-state index < -0.39 is 0 Å². The molecule has 2 aromatic rings. The van der Waals surface area contributed by atoms with Gasteiger partial charge in [0.05, 0.1) is 10.8 Å². The lowest BCUT2D eigenvalue weighted by molar-refractivity contribution is -0.133. The first-order valence-corrected chi connectivity index (χ1v) is 10.0. The highest BCUT2D eigenvalue weighted by atomic mass is 32.2. The molecule has 0 spiro atoms. The van der Waals surface area contributed by atoms with Crippen LogP contribution in [0.2, 0.25) is 0 Å². The first kappa shape index (κ1) is 18.2. The van der Waals surface area contributed by atoms with E-state index >= 15 is 0 Å². The molecule has 0 aliphatic heterocycles. The van der Waals surface area contributed by atoms with Gasteiger partial charge >= 0.3 is 0 Å². The average Bonchev–Trinajstić information content (AvgIpc) is 3.38. The van der Waals surface area contributed by atoms with Crippen molar-refractivity contribution in [2.24, 2.45) is 0 Å². The largest absolute Gasteiger partial charge is 0.337 e. The number of carbonyl (C=O) groups is 1. The molecule has 0 radical (unpaired) electrons. The summed E-state index contributed by atoms with van der Waals surface area (Å²) in [5.41, 5.74) is 0.978. The molecule has 1 aromatic heterocycles. The molecule has 5 heteroatoms. The van der Waals surface area contributed by atoms with Crippen molar-refractivity contribution in [3.8, 4) is 0 Å². The molecule has 1 amide bonds. The van der Waals surface area contributed by atoms with Crippen LogP contribution in [0.25, 0.3) is 10.9 Å². The summed E-state index contributed by atoms with van der Waals surface area (Å²) >= 11 is 1.56. The van der Waals surface area contributed by atoms with Crippen molar-refractivity contribution in [2.75, 3.05) is 0 Å². The van der Waals surface area contributed by atoms with E-state index in [0.717, 1.165) is 21.8 Å². The predicted octanol–water partition coefficient (Wildman–Crippen LogP) is 4.63. The van der Waals surface area contributed by atoms with Gasteiger partial charge in [-0.1, -0.05) is 30.0 Å². The maximum absolute atomic E-state index is 13.0. The maximum Gasteiger partial charge on any atom is 0.236 e. The van der Waals surface area contributed by atoms with Crippen molar-refractivity contribution in [1.29, 1.82) is 0 Å². The molecule has 3 rings (SSSR count). The summed E-state index contributed by atoms with van der Waals surface area (Å²) in [7, 11) is 0. The van der Waals surface area contributed by atoms with Gasteiger partial charge in [-0.25, -0.2) is 9.97 Å². The topological polar surface area (TPSA) is 46.1 Å². The van der Waals surface area contributed by atoms with Crippen LogP contribution in [-0.2, 0) is 4.79 Å². The van der Waals surface area contributed by atoms with Gasteiger partial charge in [-0.15, -0.1) is 0 Å². The lowest BCUT2D eigenvalue weighted by Crippen LogP contribution is -2.45. The third kappa shape index (κ3) is 3.97. The summed E-state index contributed by atoms with van der Waals surface area (Å²) < 4.78 is 0. The second-order valence-electron chi connectivity index (χ2n) is 7.37. The minimum atomic E-state index is -0.171. The van der Waals surface area contributed by atoms with E-state index in [4.69, 9.17) is 9.97 Å². The Morgan fingerprint density at radius 2 is 1.72 bits per heavy atom. The minimum absolute atomic E-state index is 0.171. The molecule has 0 saturated heterocycles. The number of thioether (sulfide) groups is 1. The Hall–Kier alpha value is -1.62. The SMILES string of the molecule is CC(C)N(C(=O)[C@@H](C)Sc1nc(C2CC2)nc2ccccc12)C(C)C. The zero-order chi connectivity index (χ0) is 18.1. The molecule has 0 N–H and O–H groups in total. The van der Waals surface area contributed by atoms with Gasteiger partial charge in [0.2, 0.25) is 5.91 Å². The van der Waals surface area contributed by atoms with E-state index in [9.17, 15) is 4.79 Å². The summed E-state index contributed by atoms with van der Waals surface area (Å²) in [6, 6.07) is 8.49. The number of fused-ring (bicyclic) bond motifs is 1. The number of hydrogen-bond acceptors (Lipinski definition) is 4. The van der Waals surface area contributed by atoms with Crippen molar-refractivity contribution in [3.05, 3.63) is 30.1 Å². The Morgan fingerprint density at radius 1 is 1.08 bits per heavy atom. The second-order valence-corrected chi connectivity index (χ2v) is 8.70. The van der Waals surface area contributed by atoms with E-state index in [0.29, 0.717) is 5.92 Å². The molecule has 1 aliphatic rings. The van der Waals surface area contributed by atoms with Crippen LogP contribution < -0.4 is 0 Å². The van der Waals surface area contributed by atoms with Crippen molar-refractivity contribution < 1.29 is 4.79 Å². The fraction of sp³-hybridized carbons (Fsp3) is 0.550. The number of amides is 1. The van der Waals surface area contributed by atoms with E-state index in [1.54, 1.807) is 11.8 Å². The number of aromatic nitrogens is 2. The fourth-order valence-electron chi connectivity index (χ4n) is 3.21. The van der Waals surface area contributed by atoms with Crippen LogP contribution in [0.5, 0.6) is 0 Å². The van der Waals surface area contributed by atoms with E-state index in [1.807, 2.05) is 36.1 Å². The summed E-state index contributed by atoms with van der Waals surface area (Å²) in [4.78, 5) is 24.5. The van der Waals surface area contributed by atoms with Gasteiger partial charge in [-0.2, -0.15) is 0 Å². The predicted molar refractivity (Wildman–Crippen MR) is 104 cm³/mol. The Balaban J connectivity index is 1.90. The average molecular weight is 358 g/mol. The lowest BCUT2D eigenvalue weighted by atomic mass is 10.2. The number of hydrogen-bond donors (Lipinski definition) is 0. The highest BCUT2D eigenvalue weighted by molar-refractivity contribution is 8.00. The molecule has 0 bridgehead atoms. The van der Waals surface area contributed by atoms with Crippen LogP contribution in [0.3, 0.4) is 0 Å². The maximum atomic E-state index is 13.0. The van der Waals surface area contributed by atoms with Crippen molar-refractivity contribution >= 4 is 28.6 Å². The van der Waals surface area contributed by atoms with Gasteiger partial charge in [0.25, 0.3) is 0 Å². The first-order chi connectivity index (χ1) is 11.9. The summed E-state index contributed by atoms with van der Waals surface area (Å²) in [6.07, 6.45) is 2.34. The van der Waals surface area contributed by atoms with E-state index in [2.05, 4.69) is 27.7 Å². The third-order valence-corrected chi connectivity index (χ3v) is 5.62. The molecule has 4 nitrogen and oxygen atoms in total. The highest BCUT2D eigenvalue weighted by Crippen LogP contribution is 2.40. The Bertz CT molecular complexity index is 763. The summed E-state index contributed by atoms with van der Waals surface area (Å²) in [5.74, 6) is 1.61.